The molecule has 1 fully saturated rings. The topological polar surface area (TPSA) is 81.8 Å². The number of piperazine rings is 1. The van der Waals surface area contributed by atoms with Gasteiger partial charge in [0.1, 0.15) is 0 Å². The van der Waals surface area contributed by atoms with Gasteiger partial charge in [0.25, 0.3) is 0 Å². The van der Waals surface area contributed by atoms with Gasteiger partial charge in [-0.3, -0.25) is 4.90 Å². The van der Waals surface area contributed by atoms with Crippen molar-refractivity contribution in [3.63, 3.8) is 0 Å². The molecular weight excluding hydrogens is 348 g/mol. The molecule has 0 atom stereocenters. The zero-order chi connectivity index (χ0) is 17.4. The smallest absolute Gasteiger partial charge is 0.317 e. The maximum absolute atomic E-state index is 12.1. The number of carbonyl (C=O) groups excluding carboxylic acids is 1. The molecule has 1 aromatic rings. The van der Waals surface area contributed by atoms with E-state index >= 15 is 0 Å². The summed E-state index contributed by atoms with van der Waals surface area (Å²) in [7, 11) is -3.15. The summed E-state index contributed by atoms with van der Waals surface area (Å²) >= 11 is 1.76. The molecule has 136 valence electrons. The molecule has 2 rings (SSSR count). The summed E-state index contributed by atoms with van der Waals surface area (Å²) in [6.45, 7) is 6.57. The summed E-state index contributed by atoms with van der Waals surface area (Å²) in [4.78, 5) is 17.6. The van der Waals surface area contributed by atoms with Gasteiger partial charge in [-0.25, -0.2) is 17.9 Å². The Morgan fingerprint density at radius 1 is 1.25 bits per heavy atom. The van der Waals surface area contributed by atoms with E-state index in [0.717, 1.165) is 32.7 Å². The van der Waals surface area contributed by atoms with Crippen LogP contribution >= 0.6 is 11.3 Å². The van der Waals surface area contributed by atoms with Crippen molar-refractivity contribution in [1.29, 1.82) is 0 Å². The van der Waals surface area contributed by atoms with Crippen LogP contribution in [0.15, 0.2) is 17.5 Å². The van der Waals surface area contributed by atoms with Gasteiger partial charge in [0, 0.05) is 50.7 Å². The van der Waals surface area contributed by atoms with Gasteiger partial charge in [0.15, 0.2) is 0 Å². The van der Waals surface area contributed by atoms with E-state index in [2.05, 4.69) is 32.5 Å². The molecular formula is C15H26N4O3S2. The fraction of sp³-hybridized carbons (Fsp3) is 0.667. The third kappa shape index (κ3) is 6.39. The molecule has 7 nitrogen and oxygen atoms in total. The quantitative estimate of drug-likeness (QED) is 0.663. The number of urea groups is 1. The Kier molecular flexibility index (Phi) is 7.47. The molecule has 0 unspecified atom stereocenters. The lowest BCUT2D eigenvalue weighted by Crippen LogP contribution is -2.51. The number of amides is 2. The summed E-state index contributed by atoms with van der Waals surface area (Å²) in [6.07, 6.45) is 0.587. The molecule has 2 heterocycles. The van der Waals surface area contributed by atoms with Gasteiger partial charge in [-0.05, 0) is 24.8 Å². The fourth-order valence-corrected chi connectivity index (χ4v) is 3.86. The minimum Gasteiger partial charge on any atom is -0.338 e. The number of hydrogen-bond donors (Lipinski definition) is 2. The van der Waals surface area contributed by atoms with Crippen LogP contribution in [0.25, 0.3) is 0 Å². The van der Waals surface area contributed by atoms with Crippen LogP contribution in [0, 0.1) is 0 Å². The third-order valence-corrected chi connectivity index (χ3v) is 6.22. The van der Waals surface area contributed by atoms with Crippen molar-refractivity contribution in [1.82, 2.24) is 19.8 Å². The van der Waals surface area contributed by atoms with Crippen LogP contribution in [0.3, 0.4) is 0 Å². The van der Waals surface area contributed by atoms with Gasteiger partial charge in [-0.2, -0.15) is 0 Å². The first-order valence-corrected chi connectivity index (χ1v) is 10.8. The second-order valence-corrected chi connectivity index (χ2v) is 8.85. The molecule has 9 heteroatoms. The molecule has 0 saturated carbocycles. The van der Waals surface area contributed by atoms with E-state index in [0.29, 0.717) is 19.5 Å². The van der Waals surface area contributed by atoms with Gasteiger partial charge >= 0.3 is 6.03 Å². The first kappa shape index (κ1) is 19.2. The lowest BCUT2D eigenvalue weighted by atomic mass is 10.3. The predicted molar refractivity (Wildman–Crippen MR) is 96.6 cm³/mol. The van der Waals surface area contributed by atoms with Gasteiger partial charge in [0.05, 0.1) is 5.75 Å². The van der Waals surface area contributed by atoms with Crippen molar-refractivity contribution in [2.75, 3.05) is 45.0 Å². The molecule has 0 aliphatic carbocycles. The first-order valence-electron chi connectivity index (χ1n) is 8.25. The highest BCUT2D eigenvalue weighted by Crippen LogP contribution is 2.13. The zero-order valence-electron chi connectivity index (χ0n) is 14.0. The molecule has 0 aromatic carbocycles. The van der Waals surface area contributed by atoms with Gasteiger partial charge in [0.2, 0.25) is 10.0 Å². The van der Waals surface area contributed by atoms with E-state index in [1.165, 1.54) is 4.88 Å². The highest BCUT2D eigenvalue weighted by Gasteiger charge is 2.20. The minimum atomic E-state index is -3.15. The second-order valence-electron chi connectivity index (χ2n) is 5.73. The molecule has 0 radical (unpaired) electrons. The third-order valence-electron chi connectivity index (χ3n) is 3.95. The van der Waals surface area contributed by atoms with E-state index in [9.17, 15) is 13.2 Å². The monoisotopic (exact) mass is 374 g/mol. The summed E-state index contributed by atoms with van der Waals surface area (Å²) in [5, 5.41) is 4.94. The Labute approximate surface area is 148 Å². The average molecular weight is 375 g/mol. The van der Waals surface area contributed by atoms with E-state index < -0.39 is 10.0 Å². The van der Waals surface area contributed by atoms with E-state index in [-0.39, 0.29) is 11.8 Å². The number of carbonyl (C=O) groups is 1. The van der Waals surface area contributed by atoms with Crippen LogP contribution in [0.1, 0.15) is 18.2 Å². The van der Waals surface area contributed by atoms with Gasteiger partial charge < -0.3 is 10.2 Å². The Morgan fingerprint density at radius 2 is 2.00 bits per heavy atom. The van der Waals surface area contributed by atoms with Crippen LogP contribution in [0.5, 0.6) is 0 Å². The summed E-state index contributed by atoms with van der Waals surface area (Å²) < 4.78 is 25.0. The van der Waals surface area contributed by atoms with Crippen LogP contribution in [-0.4, -0.2) is 69.3 Å². The van der Waals surface area contributed by atoms with Crippen molar-refractivity contribution < 1.29 is 13.2 Å². The lowest BCUT2D eigenvalue weighted by molar-refractivity contribution is 0.136. The largest absolute Gasteiger partial charge is 0.338 e. The lowest BCUT2D eigenvalue weighted by Gasteiger charge is -2.34. The summed E-state index contributed by atoms with van der Waals surface area (Å²) in [5.74, 6) is 0.0785. The fourth-order valence-electron chi connectivity index (χ4n) is 2.46. The molecule has 0 bridgehead atoms. The average Bonchev–Trinajstić information content (AvgIpc) is 3.08. The van der Waals surface area contributed by atoms with Crippen LogP contribution in [0.2, 0.25) is 0 Å². The number of hydrogen-bond acceptors (Lipinski definition) is 5. The highest BCUT2D eigenvalue weighted by molar-refractivity contribution is 7.89. The van der Waals surface area contributed by atoms with Crippen molar-refractivity contribution in [2.24, 2.45) is 0 Å². The Morgan fingerprint density at radius 3 is 2.62 bits per heavy atom. The standard InChI is InChI=1S/C15H26N4O3S2/c1-2-24(21,22)17-7-4-6-16-15(20)19-10-8-18(9-11-19)13-14-5-3-12-23-14/h3,5,12,17H,2,4,6-11,13H2,1H3,(H,16,20). The van der Waals surface area contributed by atoms with Gasteiger partial charge in [-0.1, -0.05) is 6.07 Å². The Hall–Kier alpha value is -1.16. The zero-order valence-corrected chi connectivity index (χ0v) is 15.7. The second kappa shape index (κ2) is 9.36. The maximum atomic E-state index is 12.1. The maximum Gasteiger partial charge on any atom is 0.317 e. The van der Waals surface area contributed by atoms with E-state index in [4.69, 9.17) is 0 Å². The van der Waals surface area contributed by atoms with E-state index in [1.54, 1.807) is 18.3 Å². The van der Waals surface area contributed by atoms with Crippen molar-refractivity contribution in [3.05, 3.63) is 22.4 Å². The van der Waals surface area contributed by atoms with Crippen LogP contribution in [-0.2, 0) is 16.6 Å². The van der Waals surface area contributed by atoms with Crippen molar-refractivity contribution in [2.45, 2.75) is 19.9 Å². The number of nitrogens with zero attached hydrogens (tertiary/aromatic N) is 2. The Bertz CT molecular complexity index is 596. The number of sulfonamides is 1. The predicted octanol–water partition coefficient (Wildman–Crippen LogP) is 0.905. The van der Waals surface area contributed by atoms with Crippen LogP contribution in [0.4, 0.5) is 4.79 Å². The molecule has 1 aliphatic rings. The molecule has 2 amide bonds. The Balaban J connectivity index is 1.59. The number of thiophene rings is 1. The SMILES string of the molecule is CCS(=O)(=O)NCCCNC(=O)N1CCN(Cc2cccs2)CC1. The van der Waals surface area contributed by atoms with Crippen molar-refractivity contribution in [3.8, 4) is 0 Å². The molecule has 1 aromatic heterocycles. The van der Waals surface area contributed by atoms with Crippen LogP contribution < -0.4 is 10.0 Å². The highest BCUT2D eigenvalue weighted by atomic mass is 32.2. The first-order chi connectivity index (χ1) is 11.5. The normalized spacial score (nSPS) is 16.3. The molecule has 2 N–H and O–H groups in total. The molecule has 0 spiro atoms. The summed E-state index contributed by atoms with van der Waals surface area (Å²) in [6, 6.07) is 4.13. The minimum absolute atomic E-state index is 0.0656. The molecule has 1 saturated heterocycles. The molecule has 1 aliphatic heterocycles. The number of rotatable bonds is 8. The van der Waals surface area contributed by atoms with Crippen molar-refractivity contribution >= 4 is 27.4 Å². The van der Waals surface area contributed by atoms with Gasteiger partial charge in [-0.15, -0.1) is 11.3 Å². The summed E-state index contributed by atoms with van der Waals surface area (Å²) in [5.41, 5.74) is 0. The number of nitrogens with one attached hydrogen (secondary N) is 2. The van der Waals surface area contributed by atoms with E-state index in [1.807, 2.05) is 4.90 Å². The molecule has 24 heavy (non-hydrogen) atoms.